The molecule has 2 amide bonds. The zero-order chi connectivity index (χ0) is 13.5. The van der Waals surface area contributed by atoms with E-state index in [2.05, 4.69) is 10.1 Å². The van der Waals surface area contributed by atoms with E-state index in [1.165, 1.54) is 4.90 Å². The van der Waals surface area contributed by atoms with Crippen molar-refractivity contribution in [3.05, 3.63) is 0 Å². The van der Waals surface area contributed by atoms with Crippen LogP contribution in [0, 0.1) is 5.92 Å². The van der Waals surface area contributed by atoms with Crippen LogP contribution in [0.5, 0.6) is 0 Å². The van der Waals surface area contributed by atoms with Crippen LogP contribution in [0.2, 0.25) is 0 Å². The molecule has 1 atom stereocenters. The van der Waals surface area contributed by atoms with Crippen molar-refractivity contribution in [3.8, 4) is 0 Å². The van der Waals surface area contributed by atoms with Crippen LogP contribution < -0.4 is 5.32 Å². The van der Waals surface area contributed by atoms with Gasteiger partial charge in [0.1, 0.15) is 6.54 Å². The van der Waals surface area contributed by atoms with Gasteiger partial charge in [-0.3, -0.25) is 9.59 Å². The SMILES string of the molecule is CCOC(=O)CNC(=O)N1CCC(CC(=O)O)C1. The molecule has 1 heterocycles. The molecule has 0 aromatic carbocycles. The van der Waals surface area contributed by atoms with Crippen molar-refractivity contribution >= 4 is 18.0 Å². The van der Waals surface area contributed by atoms with E-state index in [0.29, 0.717) is 19.5 Å². The van der Waals surface area contributed by atoms with E-state index in [0.717, 1.165) is 0 Å². The van der Waals surface area contributed by atoms with Gasteiger partial charge in [-0.1, -0.05) is 0 Å². The van der Waals surface area contributed by atoms with Crippen LogP contribution >= 0.6 is 0 Å². The number of ether oxygens (including phenoxy) is 1. The normalized spacial score (nSPS) is 18.5. The molecule has 2 N–H and O–H groups in total. The lowest BCUT2D eigenvalue weighted by molar-refractivity contribution is -0.142. The molecule has 1 unspecified atom stereocenters. The second-order valence-electron chi connectivity index (χ2n) is 4.16. The van der Waals surface area contributed by atoms with Crippen LogP contribution in [0.3, 0.4) is 0 Å². The third-order valence-electron chi connectivity index (χ3n) is 2.73. The Labute approximate surface area is 105 Å². The minimum absolute atomic E-state index is 0.00385. The first-order chi connectivity index (χ1) is 8.52. The summed E-state index contributed by atoms with van der Waals surface area (Å²) in [6, 6.07) is -0.351. The minimum atomic E-state index is -0.853. The summed E-state index contributed by atoms with van der Waals surface area (Å²) in [6.07, 6.45) is 0.751. The highest BCUT2D eigenvalue weighted by Crippen LogP contribution is 2.19. The van der Waals surface area contributed by atoms with Gasteiger partial charge in [0.2, 0.25) is 0 Å². The molecule has 1 aliphatic rings. The van der Waals surface area contributed by atoms with Crippen LogP contribution in [0.25, 0.3) is 0 Å². The van der Waals surface area contributed by atoms with Gasteiger partial charge in [-0.25, -0.2) is 4.79 Å². The third kappa shape index (κ3) is 4.60. The zero-order valence-electron chi connectivity index (χ0n) is 10.3. The first kappa shape index (κ1) is 14.3. The van der Waals surface area contributed by atoms with Crippen molar-refractivity contribution in [2.75, 3.05) is 26.2 Å². The molecule has 0 aromatic rings. The number of nitrogens with zero attached hydrogens (tertiary/aromatic N) is 1. The molecular weight excluding hydrogens is 240 g/mol. The lowest BCUT2D eigenvalue weighted by atomic mass is 10.1. The minimum Gasteiger partial charge on any atom is -0.481 e. The van der Waals surface area contributed by atoms with Crippen LogP contribution in [0.4, 0.5) is 4.79 Å². The van der Waals surface area contributed by atoms with Gasteiger partial charge in [-0.15, -0.1) is 0 Å². The van der Waals surface area contributed by atoms with Gasteiger partial charge in [-0.05, 0) is 19.3 Å². The molecule has 7 heteroatoms. The number of aliphatic carboxylic acids is 1. The average molecular weight is 258 g/mol. The van der Waals surface area contributed by atoms with Crippen molar-refractivity contribution in [2.24, 2.45) is 5.92 Å². The first-order valence-corrected chi connectivity index (χ1v) is 5.93. The van der Waals surface area contributed by atoms with Gasteiger partial charge in [-0.2, -0.15) is 0 Å². The first-order valence-electron chi connectivity index (χ1n) is 5.93. The van der Waals surface area contributed by atoms with E-state index in [9.17, 15) is 14.4 Å². The van der Waals surface area contributed by atoms with Gasteiger partial charge in [0.25, 0.3) is 0 Å². The molecule has 1 rings (SSSR count). The molecule has 0 aromatic heterocycles. The largest absolute Gasteiger partial charge is 0.481 e. The number of amides is 2. The summed E-state index contributed by atoms with van der Waals surface area (Å²) in [5, 5.41) is 11.1. The number of carbonyl (C=O) groups is 3. The highest BCUT2D eigenvalue weighted by Gasteiger charge is 2.27. The third-order valence-corrected chi connectivity index (χ3v) is 2.73. The maximum atomic E-state index is 11.6. The molecule has 0 spiro atoms. The summed E-state index contributed by atoms with van der Waals surface area (Å²) in [4.78, 5) is 34.7. The summed E-state index contributed by atoms with van der Waals surface area (Å²) in [5.41, 5.74) is 0. The van der Waals surface area contributed by atoms with Crippen molar-refractivity contribution < 1.29 is 24.2 Å². The second kappa shape index (κ2) is 6.83. The summed E-state index contributed by atoms with van der Waals surface area (Å²) >= 11 is 0. The Morgan fingerprint density at radius 1 is 1.44 bits per heavy atom. The Morgan fingerprint density at radius 2 is 2.17 bits per heavy atom. The number of carbonyl (C=O) groups excluding carboxylic acids is 2. The molecular formula is C11H18N2O5. The van der Waals surface area contributed by atoms with Gasteiger partial charge in [0.15, 0.2) is 0 Å². The number of rotatable bonds is 5. The van der Waals surface area contributed by atoms with Crippen LogP contribution in [-0.2, 0) is 14.3 Å². The Balaban J connectivity index is 2.27. The standard InChI is InChI=1S/C11H18N2O5/c1-2-18-10(16)6-12-11(17)13-4-3-8(7-13)5-9(14)15/h8H,2-7H2,1H3,(H,12,17)(H,14,15). The fraction of sp³-hybridized carbons (Fsp3) is 0.727. The predicted octanol–water partition coefficient (Wildman–Crippen LogP) is 0.0557. The zero-order valence-corrected chi connectivity index (χ0v) is 10.3. The summed E-state index contributed by atoms with van der Waals surface area (Å²) in [6.45, 7) is 2.75. The van der Waals surface area contributed by atoms with Gasteiger partial charge < -0.3 is 20.1 Å². The van der Waals surface area contributed by atoms with E-state index in [1.54, 1.807) is 6.92 Å². The van der Waals surface area contributed by atoms with Gasteiger partial charge in [0.05, 0.1) is 6.61 Å². The van der Waals surface area contributed by atoms with E-state index < -0.39 is 11.9 Å². The van der Waals surface area contributed by atoms with Gasteiger partial charge in [0, 0.05) is 19.5 Å². The van der Waals surface area contributed by atoms with E-state index >= 15 is 0 Å². The van der Waals surface area contributed by atoms with Crippen LogP contribution in [0.15, 0.2) is 0 Å². The predicted molar refractivity (Wildman–Crippen MR) is 62.0 cm³/mol. The smallest absolute Gasteiger partial charge is 0.325 e. The Morgan fingerprint density at radius 3 is 2.78 bits per heavy atom. The number of hydrogen-bond acceptors (Lipinski definition) is 4. The van der Waals surface area contributed by atoms with E-state index in [1.807, 2.05) is 0 Å². The number of carboxylic acids is 1. The van der Waals surface area contributed by atoms with Crippen molar-refractivity contribution in [1.82, 2.24) is 10.2 Å². The molecule has 1 aliphatic heterocycles. The van der Waals surface area contributed by atoms with Crippen molar-refractivity contribution in [1.29, 1.82) is 0 Å². The molecule has 1 saturated heterocycles. The lowest BCUT2D eigenvalue weighted by Gasteiger charge is -2.16. The van der Waals surface area contributed by atoms with Gasteiger partial charge >= 0.3 is 18.0 Å². The summed E-state index contributed by atoms with van der Waals surface area (Å²) < 4.78 is 4.68. The number of carboxylic acid groups (broad SMARTS) is 1. The fourth-order valence-corrected chi connectivity index (χ4v) is 1.90. The molecule has 0 bridgehead atoms. The molecule has 18 heavy (non-hydrogen) atoms. The topological polar surface area (TPSA) is 95.9 Å². The number of hydrogen-bond donors (Lipinski definition) is 2. The Kier molecular flexibility index (Phi) is 5.41. The lowest BCUT2D eigenvalue weighted by Crippen LogP contribution is -2.41. The van der Waals surface area contributed by atoms with Crippen LogP contribution in [-0.4, -0.2) is 54.2 Å². The second-order valence-corrected chi connectivity index (χ2v) is 4.16. The molecule has 7 nitrogen and oxygen atoms in total. The maximum absolute atomic E-state index is 11.6. The molecule has 0 saturated carbocycles. The maximum Gasteiger partial charge on any atom is 0.325 e. The number of esters is 1. The average Bonchev–Trinajstić information content (AvgIpc) is 2.74. The Bertz CT molecular complexity index is 331. The fourth-order valence-electron chi connectivity index (χ4n) is 1.90. The summed E-state index contributed by atoms with van der Waals surface area (Å²) in [7, 11) is 0. The summed E-state index contributed by atoms with van der Waals surface area (Å²) in [5.74, 6) is -1.34. The van der Waals surface area contributed by atoms with Crippen LogP contribution in [0.1, 0.15) is 19.8 Å². The molecule has 0 aliphatic carbocycles. The number of nitrogens with one attached hydrogen (secondary N) is 1. The highest BCUT2D eigenvalue weighted by atomic mass is 16.5. The van der Waals surface area contributed by atoms with Crippen molar-refractivity contribution in [2.45, 2.75) is 19.8 Å². The monoisotopic (exact) mass is 258 g/mol. The van der Waals surface area contributed by atoms with Crippen molar-refractivity contribution in [3.63, 3.8) is 0 Å². The van der Waals surface area contributed by atoms with E-state index in [-0.39, 0.29) is 31.5 Å². The molecule has 102 valence electrons. The molecule has 0 radical (unpaired) electrons. The number of urea groups is 1. The molecule has 1 fully saturated rings. The highest BCUT2D eigenvalue weighted by molar-refractivity contribution is 5.81. The quantitative estimate of drug-likeness (QED) is 0.679. The number of likely N-dealkylation sites (tertiary alicyclic amines) is 1. The Hall–Kier alpha value is -1.79. The van der Waals surface area contributed by atoms with E-state index in [4.69, 9.17) is 5.11 Å².